The van der Waals surface area contributed by atoms with E-state index in [0.717, 1.165) is 32.2 Å². The first kappa shape index (κ1) is 19.9. The van der Waals surface area contributed by atoms with Crippen LogP contribution in [0.5, 0.6) is 0 Å². The lowest BCUT2D eigenvalue weighted by molar-refractivity contribution is 0.467. The Morgan fingerprint density at radius 3 is 1.52 bits per heavy atom. The molecule has 0 nitrogen and oxygen atoms in total. The van der Waals surface area contributed by atoms with E-state index in [0.29, 0.717) is 5.41 Å². The van der Waals surface area contributed by atoms with E-state index in [-0.39, 0.29) is 0 Å². The smallest absolute Gasteiger partial charge is 0.150 e. The maximum Gasteiger partial charge on any atom is 0.173 e. The summed E-state index contributed by atoms with van der Waals surface area (Å²) >= 11 is 0. The molecule has 0 aromatic heterocycles. The van der Waals surface area contributed by atoms with E-state index in [2.05, 4.69) is 60.7 Å². The van der Waals surface area contributed by atoms with E-state index in [1.54, 1.807) is 11.1 Å². The molecular weight excluding hydrogens is 366 g/mol. The largest absolute Gasteiger partial charge is 0.173 e. The lowest BCUT2D eigenvalue weighted by atomic mass is 9.46. The number of hydrogen-bond donors (Lipinski definition) is 0. The summed E-state index contributed by atoms with van der Waals surface area (Å²) in [6, 6.07) is 22.9. The lowest BCUT2D eigenvalue weighted by Crippen LogP contribution is -2.28. The van der Waals surface area contributed by atoms with Crippen LogP contribution in [-0.4, -0.2) is 12.1 Å². The Morgan fingerprint density at radius 1 is 0.621 bits per heavy atom. The highest BCUT2D eigenvalue weighted by molar-refractivity contribution is 7.77. The predicted molar refractivity (Wildman–Crippen MR) is 130 cm³/mol. The van der Waals surface area contributed by atoms with E-state index < -0.39 is 0 Å². The van der Waals surface area contributed by atoms with E-state index in [4.69, 9.17) is 0 Å². The van der Waals surface area contributed by atoms with Crippen LogP contribution in [0.25, 0.3) is 0 Å². The van der Waals surface area contributed by atoms with Crippen molar-refractivity contribution < 1.29 is 0 Å². The topological polar surface area (TPSA) is 0 Å². The van der Waals surface area contributed by atoms with Crippen LogP contribution in [0, 0.1) is 0 Å². The molecule has 2 heteroatoms. The Hall–Kier alpha value is -1.07. The molecule has 0 spiro atoms. The van der Waals surface area contributed by atoms with Crippen molar-refractivity contribution in [3.05, 3.63) is 71.8 Å². The molecule has 2 unspecified atom stereocenters. The molecule has 2 atom stereocenters. The molecule has 0 N–H and O–H groups in total. The fourth-order valence-electron chi connectivity index (χ4n) is 6.62. The van der Waals surface area contributed by atoms with Crippen molar-refractivity contribution in [2.24, 2.45) is 0 Å². The highest BCUT2D eigenvalue weighted by atomic mass is 31.1. The number of rotatable bonds is 6. The molecule has 0 radical (unpaired) electrons. The van der Waals surface area contributed by atoms with Gasteiger partial charge in [-0.1, -0.05) is 137 Å². The average Bonchev–Trinajstić information content (AvgIpc) is 3.55. The van der Waals surface area contributed by atoms with Crippen LogP contribution in [0.15, 0.2) is 60.7 Å². The van der Waals surface area contributed by atoms with Gasteiger partial charge < -0.3 is 0 Å². The summed E-state index contributed by atoms with van der Waals surface area (Å²) in [6.45, 7) is 0. The van der Waals surface area contributed by atoms with Crippen molar-refractivity contribution in [2.75, 3.05) is 0 Å². The van der Waals surface area contributed by atoms with Crippen LogP contribution in [0.3, 0.4) is 0 Å². The predicted octanol–water partition coefficient (Wildman–Crippen LogP) is 8.08. The minimum absolute atomic E-state index is 0.294. The lowest BCUT2D eigenvalue weighted by Gasteiger charge is -2.36. The molecule has 3 fully saturated rings. The van der Waals surface area contributed by atoms with Crippen molar-refractivity contribution in [1.82, 2.24) is 0 Å². The molecule has 2 aromatic rings. The summed E-state index contributed by atoms with van der Waals surface area (Å²) in [5, 5.41) is 0. The van der Waals surface area contributed by atoms with Crippen molar-refractivity contribution in [3.8, 4) is 0 Å². The van der Waals surface area contributed by atoms with Gasteiger partial charge in [-0.25, -0.2) is 0 Å². The fraction of sp³-hybridized carbons (Fsp3) is 0.556. The minimum Gasteiger partial charge on any atom is -0.150 e. The second-order valence-electron chi connectivity index (χ2n) is 9.95. The third kappa shape index (κ3) is 4.10. The molecule has 0 saturated heterocycles. The first-order valence-corrected chi connectivity index (χ1v) is 13.4. The van der Waals surface area contributed by atoms with Crippen LogP contribution in [0.1, 0.15) is 81.8 Å². The number of hydrogen-bond acceptors (Lipinski definition) is 0. The van der Waals surface area contributed by atoms with E-state index in [1.807, 2.05) is 0 Å². The van der Waals surface area contributed by atoms with E-state index in [1.165, 1.54) is 70.6 Å². The van der Waals surface area contributed by atoms with Gasteiger partial charge in [0, 0.05) is 5.41 Å². The Balaban J connectivity index is 1.42. The monoisotopic (exact) mass is 402 g/mol. The Morgan fingerprint density at radius 2 is 1.07 bits per heavy atom. The van der Waals surface area contributed by atoms with Gasteiger partial charge in [-0.15, -0.1) is 8.46 Å². The van der Waals surface area contributed by atoms with Gasteiger partial charge in [0.1, 0.15) is 0 Å². The molecule has 152 valence electrons. The second kappa shape index (κ2) is 8.97. The average molecular weight is 402 g/mol. The molecule has 3 aliphatic rings. The minimum atomic E-state index is 0.294. The highest BCUT2D eigenvalue weighted by Crippen LogP contribution is 2.65. The van der Waals surface area contributed by atoms with Gasteiger partial charge in [0.25, 0.3) is 0 Å². The normalized spacial score (nSPS) is 25.3. The first-order valence-electron chi connectivity index (χ1n) is 12.2. The zero-order chi connectivity index (χ0) is 19.5. The molecule has 29 heavy (non-hydrogen) atoms. The van der Waals surface area contributed by atoms with Crippen molar-refractivity contribution >= 4 is 14.9 Å². The fourth-order valence-corrected chi connectivity index (χ4v) is 9.35. The first-order chi connectivity index (χ1) is 14.4. The quantitative estimate of drug-likeness (QED) is 0.338. The molecule has 5 rings (SSSR count). The maximum absolute atomic E-state index is 2.40. The third-order valence-corrected chi connectivity index (χ3v) is 10.7. The molecule has 0 heterocycles. The summed E-state index contributed by atoms with van der Waals surface area (Å²) in [7, 11) is 1.16. The van der Waals surface area contributed by atoms with Gasteiger partial charge in [-0.3, -0.25) is 0 Å². The summed E-state index contributed by atoms with van der Waals surface area (Å²) in [4.78, 5) is 0. The van der Waals surface area contributed by atoms with Gasteiger partial charge in [0.15, 0.2) is 6.43 Å². The third-order valence-electron chi connectivity index (χ3n) is 8.25. The zero-order valence-corrected chi connectivity index (χ0v) is 18.9. The Bertz CT molecular complexity index is 704. The summed E-state index contributed by atoms with van der Waals surface area (Å²) in [5.74, 6) is 2.05. The van der Waals surface area contributed by atoms with Crippen LogP contribution < -0.4 is 0 Å². The molecular formula is C27H36BP. The van der Waals surface area contributed by atoms with Gasteiger partial charge >= 0.3 is 0 Å². The van der Waals surface area contributed by atoms with Crippen LogP contribution >= 0.6 is 8.46 Å². The summed E-state index contributed by atoms with van der Waals surface area (Å²) in [5.41, 5.74) is 4.29. The van der Waals surface area contributed by atoms with Gasteiger partial charge in [-0.2, -0.15) is 0 Å². The van der Waals surface area contributed by atoms with Gasteiger partial charge in [0.2, 0.25) is 0 Å². The number of benzene rings is 2. The van der Waals surface area contributed by atoms with Crippen LogP contribution in [0.2, 0.25) is 11.6 Å². The Kier molecular flexibility index (Phi) is 6.15. The van der Waals surface area contributed by atoms with Gasteiger partial charge in [-0.05, 0) is 23.2 Å². The molecule has 0 aliphatic heterocycles. The van der Waals surface area contributed by atoms with Gasteiger partial charge in [0.05, 0.1) is 0 Å². The highest BCUT2D eigenvalue weighted by Gasteiger charge is 2.57. The zero-order valence-electron chi connectivity index (χ0n) is 17.9. The van der Waals surface area contributed by atoms with Crippen LogP contribution in [-0.2, 0) is 5.41 Å². The Labute approximate surface area is 180 Å². The maximum atomic E-state index is 2.40. The molecule has 3 saturated carbocycles. The molecule has 0 amide bonds. The second-order valence-corrected chi connectivity index (χ2v) is 11.6. The van der Waals surface area contributed by atoms with Crippen LogP contribution in [0.4, 0.5) is 0 Å². The van der Waals surface area contributed by atoms with E-state index >= 15 is 0 Å². The molecule has 0 bridgehead atoms. The van der Waals surface area contributed by atoms with Crippen molar-refractivity contribution in [3.63, 3.8) is 0 Å². The van der Waals surface area contributed by atoms with Crippen molar-refractivity contribution in [2.45, 2.75) is 93.3 Å². The SMILES string of the molecule is c1ccc(C2(c3ccccc3)CC2PB(C2CCCCC2)C2CCCCC2)cc1. The summed E-state index contributed by atoms with van der Waals surface area (Å²) < 4.78 is 0. The molecule has 2 aromatic carbocycles. The standard InChI is InChI=1S/C27H36BP/c1-5-13-22(14-6-1)27(23-15-7-2-8-16-23)21-26(27)29-28(24-17-9-3-10-18-24)25-19-11-4-12-20-25/h1-2,5-8,13-16,24-26,29H,3-4,9-12,17-21H2. The molecule has 3 aliphatic carbocycles. The summed E-state index contributed by atoms with van der Waals surface area (Å²) in [6.07, 6.45) is 17.4. The van der Waals surface area contributed by atoms with E-state index in [9.17, 15) is 0 Å². The van der Waals surface area contributed by atoms with Crippen molar-refractivity contribution in [1.29, 1.82) is 0 Å².